The molecule has 6 bridgehead atoms. The molecule has 0 spiro atoms. The van der Waals surface area contributed by atoms with Gasteiger partial charge in [-0.05, 0) is 53.6 Å². The fourth-order valence-corrected chi connectivity index (χ4v) is 6.12. The zero-order valence-electron chi connectivity index (χ0n) is 26.8. The summed E-state index contributed by atoms with van der Waals surface area (Å²) in [5.74, 6) is -0.566. The van der Waals surface area contributed by atoms with Crippen molar-refractivity contribution in [2.45, 2.75) is 25.1 Å². The van der Waals surface area contributed by atoms with Gasteiger partial charge in [0.25, 0.3) is 17.7 Å². The van der Waals surface area contributed by atoms with Gasteiger partial charge in [-0.3, -0.25) is 24.0 Å². The van der Waals surface area contributed by atoms with Gasteiger partial charge in [-0.2, -0.15) is 5.10 Å². The standard InChI is InChI=1S/C36H33FN6O6/c1-42-31-14-24(17-38-29(31)18-40-42)36(46)43-11-10-32-30(19-43)41-35(45)27-13-22(7-9-28(27)37)21-4-3-5-25(12-21)48-20-34(44)39-16-23-6-8-26(49-32)15-33(23)47-2/h3-9,12-15,17-18,30,32H,10-11,16,19-20H2,1-2H3,(H,39,44)(H,41,45)/t30-,32+/m1/s1. The van der Waals surface area contributed by atoms with Crippen LogP contribution in [0.2, 0.25) is 0 Å². The Morgan fingerprint density at radius 2 is 1.88 bits per heavy atom. The van der Waals surface area contributed by atoms with Gasteiger partial charge in [0.15, 0.2) is 6.61 Å². The number of piperidine rings is 1. The number of aromatic nitrogens is 3. The number of carbonyl (C=O) groups is 3. The highest BCUT2D eigenvalue weighted by Crippen LogP contribution is 2.29. The highest BCUT2D eigenvalue weighted by atomic mass is 19.1. The minimum Gasteiger partial charge on any atom is -0.496 e. The molecule has 0 unspecified atom stereocenters. The summed E-state index contributed by atoms with van der Waals surface area (Å²) in [6, 6.07) is 17.5. The number of halogens is 1. The maximum Gasteiger partial charge on any atom is 0.258 e. The van der Waals surface area contributed by atoms with Gasteiger partial charge in [-0.1, -0.05) is 18.2 Å². The number of likely N-dealkylation sites (tertiary alicyclic amines) is 1. The minimum atomic E-state index is -0.714. The molecule has 2 atom stereocenters. The fraction of sp³-hybridized carbons (Fsp3) is 0.250. The van der Waals surface area contributed by atoms with E-state index in [1.165, 1.54) is 25.4 Å². The number of hydrogen-bond acceptors (Lipinski definition) is 8. The summed E-state index contributed by atoms with van der Waals surface area (Å²) in [7, 11) is 3.30. The molecular weight excluding hydrogens is 631 g/mol. The number of rotatable bonds is 2. The average Bonchev–Trinajstić information content (AvgIpc) is 3.49. The Kier molecular flexibility index (Phi) is 8.55. The lowest BCUT2D eigenvalue weighted by atomic mass is 9.99. The maximum atomic E-state index is 15.3. The summed E-state index contributed by atoms with van der Waals surface area (Å²) in [6.07, 6.45) is 2.93. The molecule has 3 aliphatic rings. The molecule has 1 fully saturated rings. The van der Waals surface area contributed by atoms with Crippen LogP contribution in [0.5, 0.6) is 17.2 Å². The second-order valence-electron chi connectivity index (χ2n) is 11.9. The van der Waals surface area contributed by atoms with Gasteiger partial charge in [-0.15, -0.1) is 0 Å². The molecule has 8 rings (SSSR count). The first kappa shape index (κ1) is 31.6. The average molecular weight is 665 g/mol. The molecule has 0 saturated carbocycles. The minimum absolute atomic E-state index is 0.0978. The third-order valence-corrected chi connectivity index (χ3v) is 8.77. The SMILES string of the molecule is COc1cc2ccc1CNC(=O)COc1cccc(c1)-c1ccc(F)c(c1)C(=O)N[C@@H]1CN(C(=O)c3cnc4cnn(C)c4c3)CC[C@@H]1O2. The molecule has 2 aromatic heterocycles. The molecule has 3 aromatic carbocycles. The second-order valence-corrected chi connectivity index (χ2v) is 11.9. The topological polar surface area (TPSA) is 137 Å². The summed E-state index contributed by atoms with van der Waals surface area (Å²) in [6.45, 7) is 0.410. The number of aryl methyl sites for hydroxylation is 1. The van der Waals surface area contributed by atoms with Crippen LogP contribution in [0, 0.1) is 5.82 Å². The number of nitrogens with zero attached hydrogens (tertiary/aromatic N) is 4. The van der Waals surface area contributed by atoms with Crippen molar-refractivity contribution in [2.75, 3.05) is 26.8 Å². The Hall–Kier alpha value is -5.98. The van der Waals surface area contributed by atoms with E-state index in [1.54, 1.807) is 77.4 Å². The largest absolute Gasteiger partial charge is 0.496 e. The zero-order chi connectivity index (χ0) is 34.1. The van der Waals surface area contributed by atoms with Crippen molar-refractivity contribution in [1.82, 2.24) is 30.3 Å². The number of pyridine rings is 1. The molecule has 0 radical (unpaired) electrons. The lowest BCUT2D eigenvalue weighted by Crippen LogP contribution is -2.58. The molecule has 13 heteroatoms. The number of ether oxygens (including phenoxy) is 3. The number of fused-ring (bicyclic) bond motifs is 8. The van der Waals surface area contributed by atoms with E-state index >= 15 is 4.39 Å². The van der Waals surface area contributed by atoms with Crippen molar-refractivity contribution in [1.29, 1.82) is 0 Å². The number of carbonyl (C=O) groups excluding carboxylic acids is 3. The first-order chi connectivity index (χ1) is 23.7. The van der Waals surface area contributed by atoms with Gasteiger partial charge in [0, 0.05) is 50.9 Å². The lowest BCUT2D eigenvalue weighted by molar-refractivity contribution is -0.123. The monoisotopic (exact) mass is 664 g/mol. The molecule has 250 valence electrons. The number of methoxy groups -OCH3 is 1. The summed E-state index contributed by atoms with van der Waals surface area (Å²) < 4.78 is 34.6. The van der Waals surface area contributed by atoms with Crippen molar-refractivity contribution in [3.8, 4) is 28.4 Å². The molecule has 5 aromatic rings. The lowest BCUT2D eigenvalue weighted by Gasteiger charge is -2.39. The van der Waals surface area contributed by atoms with Gasteiger partial charge in [0.1, 0.15) is 34.7 Å². The predicted octanol–water partition coefficient (Wildman–Crippen LogP) is 3.88. The molecule has 12 nitrogen and oxygen atoms in total. The molecule has 0 aliphatic carbocycles. The van der Waals surface area contributed by atoms with Crippen LogP contribution in [0.15, 0.2) is 79.1 Å². The fourth-order valence-electron chi connectivity index (χ4n) is 6.12. The van der Waals surface area contributed by atoms with Crippen molar-refractivity contribution in [3.05, 3.63) is 102 Å². The number of benzene rings is 3. The van der Waals surface area contributed by atoms with Crippen LogP contribution in [0.1, 0.15) is 32.7 Å². The Morgan fingerprint density at radius 3 is 2.73 bits per heavy atom. The van der Waals surface area contributed by atoms with Crippen LogP contribution in [-0.2, 0) is 18.4 Å². The van der Waals surface area contributed by atoms with Gasteiger partial charge >= 0.3 is 0 Å². The third kappa shape index (κ3) is 6.59. The highest BCUT2D eigenvalue weighted by molar-refractivity contribution is 5.98. The number of hydrogen-bond donors (Lipinski definition) is 2. The molecule has 1 saturated heterocycles. The molecule has 2 N–H and O–H groups in total. The van der Waals surface area contributed by atoms with Crippen molar-refractivity contribution in [2.24, 2.45) is 7.05 Å². The van der Waals surface area contributed by atoms with Gasteiger partial charge in [-0.25, -0.2) is 4.39 Å². The normalized spacial score (nSPS) is 18.1. The van der Waals surface area contributed by atoms with E-state index in [0.29, 0.717) is 57.9 Å². The summed E-state index contributed by atoms with van der Waals surface area (Å²) >= 11 is 0. The Labute approximate surface area is 280 Å². The Bertz CT molecular complexity index is 2080. The van der Waals surface area contributed by atoms with Gasteiger partial charge < -0.3 is 29.7 Å². The smallest absolute Gasteiger partial charge is 0.258 e. The number of nitrogens with one attached hydrogen (secondary N) is 2. The molecular formula is C36H33FN6O6. The van der Waals surface area contributed by atoms with E-state index in [4.69, 9.17) is 14.2 Å². The predicted molar refractivity (Wildman–Crippen MR) is 177 cm³/mol. The highest BCUT2D eigenvalue weighted by Gasteiger charge is 2.35. The Balaban J connectivity index is 1.23. The second kappa shape index (κ2) is 13.3. The van der Waals surface area contributed by atoms with Crippen LogP contribution in [0.4, 0.5) is 4.39 Å². The van der Waals surface area contributed by atoms with Crippen LogP contribution >= 0.6 is 0 Å². The third-order valence-electron chi connectivity index (χ3n) is 8.77. The molecule has 49 heavy (non-hydrogen) atoms. The van der Waals surface area contributed by atoms with Crippen molar-refractivity contribution in [3.63, 3.8) is 0 Å². The van der Waals surface area contributed by atoms with Crippen LogP contribution < -0.4 is 24.8 Å². The van der Waals surface area contributed by atoms with Gasteiger partial charge in [0.2, 0.25) is 0 Å². The first-order valence-corrected chi connectivity index (χ1v) is 15.8. The molecule has 3 amide bonds. The number of amides is 3. The quantitative estimate of drug-likeness (QED) is 0.290. The summed E-state index contributed by atoms with van der Waals surface area (Å²) in [5, 5.41) is 10.0. The maximum absolute atomic E-state index is 15.3. The van der Waals surface area contributed by atoms with E-state index < -0.39 is 23.9 Å². The van der Waals surface area contributed by atoms with Crippen LogP contribution in [-0.4, -0.2) is 76.3 Å². The van der Waals surface area contributed by atoms with Crippen molar-refractivity contribution < 1.29 is 33.0 Å². The summed E-state index contributed by atoms with van der Waals surface area (Å²) in [5.41, 5.74) is 3.56. The van der Waals surface area contributed by atoms with Crippen molar-refractivity contribution >= 4 is 28.8 Å². The van der Waals surface area contributed by atoms with E-state index in [1.807, 2.05) is 0 Å². The van der Waals surface area contributed by atoms with Gasteiger partial charge in [0.05, 0.1) is 36.0 Å². The van der Waals surface area contributed by atoms with Crippen LogP contribution in [0.25, 0.3) is 22.2 Å². The van der Waals surface area contributed by atoms with Crippen LogP contribution in [0.3, 0.4) is 0 Å². The summed E-state index contributed by atoms with van der Waals surface area (Å²) in [4.78, 5) is 46.2. The van der Waals surface area contributed by atoms with E-state index in [-0.39, 0.29) is 37.1 Å². The van der Waals surface area contributed by atoms with E-state index in [2.05, 4.69) is 20.7 Å². The zero-order valence-corrected chi connectivity index (χ0v) is 26.8. The van der Waals surface area contributed by atoms with E-state index in [0.717, 1.165) is 5.56 Å². The first-order valence-electron chi connectivity index (χ1n) is 15.8. The molecule has 5 heterocycles. The van der Waals surface area contributed by atoms with E-state index in [9.17, 15) is 14.4 Å². The molecule has 3 aliphatic heterocycles. The Morgan fingerprint density at radius 1 is 1.02 bits per heavy atom.